The number of hydrogen-bond acceptors (Lipinski definition) is 4. The molecule has 2 aromatic rings. The van der Waals surface area contributed by atoms with Gasteiger partial charge in [0, 0.05) is 18.4 Å². The lowest BCUT2D eigenvalue weighted by Gasteiger charge is -2.31. The van der Waals surface area contributed by atoms with E-state index in [9.17, 15) is 4.79 Å². The summed E-state index contributed by atoms with van der Waals surface area (Å²) in [6.07, 6.45) is 11.4. The number of ether oxygens (including phenoxy) is 2. The summed E-state index contributed by atoms with van der Waals surface area (Å²) in [4.78, 5) is 12.0. The first-order valence-electron chi connectivity index (χ1n) is 18.3. The number of unbranched alkanes of at least 4 members (excludes halogenated alkanes) is 7. The highest BCUT2D eigenvalue weighted by molar-refractivity contribution is 6.84. The molecule has 4 nitrogen and oxygen atoms in total. The lowest BCUT2D eigenvalue weighted by molar-refractivity contribution is -0.131. The van der Waals surface area contributed by atoms with Crippen molar-refractivity contribution in [2.45, 2.75) is 176 Å². The molecule has 0 aliphatic carbocycles. The van der Waals surface area contributed by atoms with E-state index in [1.807, 2.05) is 0 Å². The van der Waals surface area contributed by atoms with Gasteiger partial charge in [-0.1, -0.05) is 105 Å². The van der Waals surface area contributed by atoms with Crippen molar-refractivity contribution in [3.63, 3.8) is 0 Å². The third-order valence-corrected chi connectivity index (χ3v) is 15.4. The highest BCUT2D eigenvalue weighted by atomic mass is 28.4. The Bertz CT molecular complexity index is 1310. The summed E-state index contributed by atoms with van der Waals surface area (Å²) >= 11 is 0. The van der Waals surface area contributed by atoms with Crippen LogP contribution in [-0.4, -0.2) is 29.7 Å². The number of hydrogen-bond donors (Lipinski definition) is 0. The molecule has 0 spiro atoms. The molecule has 0 aliphatic heterocycles. The Balaban J connectivity index is 2.23. The normalized spacial score (nSPS) is 13.5. The second-order valence-electron chi connectivity index (χ2n) is 17.6. The summed E-state index contributed by atoms with van der Waals surface area (Å²) in [5.74, 6) is 1.62. The number of methoxy groups -OCH3 is 1. The summed E-state index contributed by atoms with van der Waals surface area (Å²) < 4.78 is 18.2. The van der Waals surface area contributed by atoms with Gasteiger partial charge in [0.2, 0.25) is 0 Å². The monoisotopic (exact) mass is 682 g/mol. The SMILES string of the molecule is COc1cc(C)c(C(CCCCCCCCCC[Si](C)(C)O[Si](C)(C)C)c2cc(C(C)(C)C)c(OC(C)=O)cc2C)cc1C(C)(C)C. The van der Waals surface area contributed by atoms with E-state index in [2.05, 4.69) is 112 Å². The van der Waals surface area contributed by atoms with E-state index >= 15 is 0 Å². The van der Waals surface area contributed by atoms with Crippen LogP contribution in [0.5, 0.6) is 11.5 Å². The molecule has 0 saturated carbocycles. The van der Waals surface area contributed by atoms with Crippen LogP contribution in [0.15, 0.2) is 24.3 Å². The van der Waals surface area contributed by atoms with E-state index in [1.165, 1.54) is 92.2 Å². The summed E-state index contributed by atoms with van der Waals surface area (Å²) in [5, 5.41) is 0. The minimum Gasteiger partial charge on any atom is -0.496 e. The average Bonchev–Trinajstić information content (AvgIpc) is 2.89. The topological polar surface area (TPSA) is 44.8 Å². The number of aryl methyl sites for hydroxylation is 2. The summed E-state index contributed by atoms with van der Waals surface area (Å²) in [5.41, 5.74) is 7.28. The summed E-state index contributed by atoms with van der Waals surface area (Å²) in [6, 6.07) is 10.4. The minimum atomic E-state index is -1.51. The number of carbonyl (C=O) groups excluding carboxylic acids is 1. The van der Waals surface area contributed by atoms with Crippen LogP contribution in [0.1, 0.15) is 146 Å². The fourth-order valence-electron chi connectivity index (χ4n) is 7.05. The van der Waals surface area contributed by atoms with E-state index in [-0.39, 0.29) is 22.7 Å². The molecule has 0 fully saturated rings. The van der Waals surface area contributed by atoms with Crippen molar-refractivity contribution in [2.24, 2.45) is 0 Å². The number of rotatable bonds is 17. The number of carbonyl (C=O) groups is 1. The molecule has 0 aromatic heterocycles. The van der Waals surface area contributed by atoms with Gasteiger partial charge in [-0.2, -0.15) is 0 Å². The lowest BCUT2D eigenvalue weighted by Crippen LogP contribution is -2.42. The van der Waals surface area contributed by atoms with Gasteiger partial charge in [0.25, 0.3) is 0 Å². The van der Waals surface area contributed by atoms with E-state index in [4.69, 9.17) is 13.6 Å². The average molecular weight is 683 g/mol. The third kappa shape index (κ3) is 13.5. The predicted molar refractivity (Wildman–Crippen MR) is 208 cm³/mol. The second kappa shape index (κ2) is 17.2. The Labute approximate surface area is 292 Å². The van der Waals surface area contributed by atoms with Gasteiger partial charge in [-0.25, -0.2) is 0 Å². The van der Waals surface area contributed by atoms with Gasteiger partial charge >= 0.3 is 5.97 Å². The molecule has 0 N–H and O–H groups in total. The Morgan fingerprint density at radius 1 is 0.681 bits per heavy atom. The van der Waals surface area contributed by atoms with Gasteiger partial charge < -0.3 is 13.6 Å². The van der Waals surface area contributed by atoms with Gasteiger partial charge in [0.05, 0.1) is 7.11 Å². The Morgan fingerprint density at radius 3 is 1.53 bits per heavy atom. The zero-order chi connectivity index (χ0) is 35.8. The van der Waals surface area contributed by atoms with E-state index in [0.29, 0.717) is 5.75 Å². The second-order valence-corrected chi connectivity index (χ2v) is 26.7. The molecule has 0 saturated heterocycles. The molecule has 2 aromatic carbocycles. The molecule has 0 heterocycles. The van der Waals surface area contributed by atoms with Crippen LogP contribution >= 0.6 is 0 Å². The molecule has 0 radical (unpaired) electrons. The van der Waals surface area contributed by atoms with E-state index in [0.717, 1.165) is 17.7 Å². The van der Waals surface area contributed by atoms with Crippen molar-refractivity contribution < 1.29 is 18.4 Å². The van der Waals surface area contributed by atoms with E-state index in [1.54, 1.807) is 7.11 Å². The predicted octanol–water partition coefficient (Wildman–Crippen LogP) is 12.5. The maximum Gasteiger partial charge on any atom is 0.308 e. The van der Waals surface area contributed by atoms with Gasteiger partial charge in [-0.3, -0.25) is 4.79 Å². The largest absolute Gasteiger partial charge is 0.496 e. The zero-order valence-electron chi connectivity index (χ0n) is 33.1. The fraction of sp³-hybridized carbons (Fsp3) is 0.683. The minimum absolute atomic E-state index is 0.0393. The first kappa shape index (κ1) is 41.3. The molecule has 2 rings (SSSR count). The molecule has 6 heteroatoms. The summed E-state index contributed by atoms with van der Waals surface area (Å²) in [6.45, 7) is 31.0. The molecule has 0 bridgehead atoms. The Hall–Kier alpha value is -1.90. The van der Waals surface area contributed by atoms with E-state index < -0.39 is 16.6 Å². The number of esters is 1. The molecular weight excluding hydrogens is 613 g/mol. The standard InChI is InChI=1S/C41H70O4Si2/c1-30-26-38(43-10)36(40(4,5)6)28-34(30)33(35-29-37(41(7,8)9)39(27-31(35)2)44-32(3)42)24-22-20-18-16-17-19-21-23-25-47(14,15)45-46(11,12)13/h26-29,33H,16-25H2,1-15H3. The maximum absolute atomic E-state index is 12.0. The quantitative estimate of drug-likeness (QED) is 0.0721. The highest BCUT2D eigenvalue weighted by Crippen LogP contribution is 2.43. The molecule has 0 aliphatic rings. The molecule has 266 valence electrons. The van der Waals surface area contributed by atoms with Crippen molar-refractivity contribution in [3.8, 4) is 11.5 Å². The molecule has 0 amide bonds. The zero-order valence-corrected chi connectivity index (χ0v) is 35.1. The van der Waals surface area contributed by atoms with Crippen LogP contribution < -0.4 is 9.47 Å². The maximum atomic E-state index is 12.0. The van der Waals surface area contributed by atoms with Crippen LogP contribution in [0.3, 0.4) is 0 Å². The highest BCUT2D eigenvalue weighted by Gasteiger charge is 2.30. The van der Waals surface area contributed by atoms with Crippen molar-refractivity contribution in [3.05, 3.63) is 57.6 Å². The van der Waals surface area contributed by atoms with Gasteiger partial charge in [-0.15, -0.1) is 0 Å². The van der Waals surface area contributed by atoms with Crippen molar-refractivity contribution >= 4 is 22.6 Å². The third-order valence-electron chi connectivity index (χ3n) is 9.18. The summed E-state index contributed by atoms with van der Waals surface area (Å²) in [7, 11) is -1.18. The van der Waals surface area contributed by atoms with Crippen molar-refractivity contribution in [1.82, 2.24) is 0 Å². The smallest absolute Gasteiger partial charge is 0.308 e. The first-order chi connectivity index (χ1) is 21.6. The van der Waals surface area contributed by atoms with Crippen LogP contribution in [0.2, 0.25) is 38.8 Å². The molecule has 1 atom stereocenters. The fourth-order valence-corrected chi connectivity index (χ4v) is 15.2. The van der Waals surface area contributed by atoms with Crippen molar-refractivity contribution in [1.29, 1.82) is 0 Å². The molecule has 47 heavy (non-hydrogen) atoms. The number of benzene rings is 2. The van der Waals surface area contributed by atoms with Crippen LogP contribution in [-0.2, 0) is 19.7 Å². The Kier molecular flexibility index (Phi) is 15.1. The molecular formula is C41H70O4Si2. The molecule has 1 unspecified atom stereocenters. The Morgan fingerprint density at radius 2 is 1.11 bits per heavy atom. The first-order valence-corrected chi connectivity index (χ1v) is 24.8. The van der Waals surface area contributed by atoms with Gasteiger partial charge in [0.1, 0.15) is 11.5 Å². The lowest BCUT2D eigenvalue weighted by atomic mass is 9.76. The van der Waals surface area contributed by atoms with Crippen LogP contribution in [0.4, 0.5) is 0 Å². The van der Waals surface area contributed by atoms with Gasteiger partial charge in [0.15, 0.2) is 16.6 Å². The van der Waals surface area contributed by atoms with Crippen LogP contribution in [0.25, 0.3) is 0 Å². The van der Waals surface area contributed by atoms with Crippen LogP contribution in [0, 0.1) is 13.8 Å². The van der Waals surface area contributed by atoms with Crippen molar-refractivity contribution in [2.75, 3.05) is 7.11 Å². The van der Waals surface area contributed by atoms with Gasteiger partial charge in [-0.05, 0) is 110 Å².